The Balaban J connectivity index is 1.72. The Labute approximate surface area is 160 Å². The Morgan fingerprint density at radius 3 is 2.57 bits per heavy atom. The van der Waals surface area contributed by atoms with Crippen LogP contribution in [-0.4, -0.2) is 15.5 Å². The largest absolute Gasteiger partial charge is 0.317 e. The average Bonchev–Trinajstić information content (AvgIpc) is 2.66. The van der Waals surface area contributed by atoms with E-state index in [1.807, 2.05) is 0 Å². The Bertz CT molecular complexity index is 1100. The van der Waals surface area contributed by atoms with Crippen LogP contribution in [0.1, 0.15) is 41.9 Å². The molecule has 3 aromatic rings. The number of nitrogens with zero attached hydrogens (tertiary/aromatic N) is 2. The molecule has 4 rings (SSSR count). The molecule has 0 saturated heterocycles. The van der Waals surface area contributed by atoms with Gasteiger partial charge < -0.3 is 5.32 Å². The summed E-state index contributed by atoms with van der Waals surface area (Å²) in [6.07, 6.45) is 4.81. The summed E-state index contributed by atoms with van der Waals surface area (Å²) in [4.78, 5) is 29.9. The first-order chi connectivity index (χ1) is 13.5. The van der Waals surface area contributed by atoms with Crippen LogP contribution in [-0.2, 0) is 13.0 Å². The highest BCUT2D eigenvalue weighted by Gasteiger charge is 2.17. The number of carbonyl (C=O) groups is 1. The molecule has 0 bridgehead atoms. The molecular weight excluding hydrogens is 364 g/mol. The minimum atomic E-state index is -0.855. The second-order valence-corrected chi connectivity index (χ2v) is 6.93. The topological polar surface area (TPSA) is 64.0 Å². The van der Waals surface area contributed by atoms with Crippen molar-refractivity contribution in [1.29, 1.82) is 0 Å². The highest BCUT2D eigenvalue weighted by atomic mass is 19.1. The first-order valence-corrected chi connectivity index (χ1v) is 9.33. The van der Waals surface area contributed by atoms with Gasteiger partial charge in [-0.2, -0.15) is 0 Å². The van der Waals surface area contributed by atoms with Crippen LogP contribution < -0.4 is 10.9 Å². The van der Waals surface area contributed by atoms with E-state index < -0.39 is 23.2 Å². The number of hydrogen-bond acceptors (Lipinski definition) is 3. The third-order valence-corrected chi connectivity index (χ3v) is 5.03. The second-order valence-electron chi connectivity index (χ2n) is 6.93. The first-order valence-electron chi connectivity index (χ1n) is 9.33. The predicted molar refractivity (Wildman–Crippen MR) is 102 cm³/mol. The number of amides is 1. The fourth-order valence-corrected chi connectivity index (χ4v) is 3.54. The van der Waals surface area contributed by atoms with Crippen LogP contribution in [0.2, 0.25) is 0 Å². The Hall–Kier alpha value is -3.09. The number of benzene rings is 2. The van der Waals surface area contributed by atoms with Crippen LogP contribution in [0, 0.1) is 11.6 Å². The van der Waals surface area contributed by atoms with Crippen molar-refractivity contribution in [3.05, 3.63) is 69.8 Å². The fourth-order valence-electron chi connectivity index (χ4n) is 3.54. The second kappa shape index (κ2) is 7.50. The normalized spacial score (nSPS) is 14.2. The van der Waals surface area contributed by atoms with E-state index in [9.17, 15) is 18.4 Å². The number of aromatic nitrogens is 2. The molecule has 7 heteroatoms. The molecule has 2 aromatic carbocycles. The quantitative estimate of drug-likeness (QED) is 0.726. The fraction of sp³-hybridized carbons (Fsp3) is 0.286. The van der Waals surface area contributed by atoms with Crippen molar-refractivity contribution in [2.24, 2.45) is 0 Å². The van der Waals surface area contributed by atoms with Crippen LogP contribution in [0.3, 0.4) is 0 Å². The molecule has 1 N–H and O–H groups in total. The maximum Gasteiger partial charge on any atom is 0.261 e. The molecule has 0 unspecified atom stereocenters. The number of para-hydroxylation sites is 1. The number of hydrogen-bond donors (Lipinski definition) is 1. The van der Waals surface area contributed by atoms with Gasteiger partial charge in [0, 0.05) is 18.5 Å². The summed E-state index contributed by atoms with van der Waals surface area (Å²) in [5.74, 6) is -1.66. The van der Waals surface area contributed by atoms with Gasteiger partial charge in [-0.05, 0) is 43.2 Å². The van der Waals surface area contributed by atoms with E-state index >= 15 is 0 Å². The van der Waals surface area contributed by atoms with Crippen molar-refractivity contribution in [1.82, 2.24) is 9.55 Å². The van der Waals surface area contributed by atoms with E-state index in [0.717, 1.165) is 43.6 Å². The minimum Gasteiger partial charge on any atom is -0.317 e. The molecular formula is C21H19F2N3O2. The highest BCUT2D eigenvalue weighted by molar-refractivity contribution is 6.06. The lowest BCUT2D eigenvalue weighted by Crippen LogP contribution is -2.26. The van der Waals surface area contributed by atoms with Crippen LogP contribution in [0.5, 0.6) is 0 Å². The molecule has 1 aliphatic rings. The SMILES string of the molecule is O=C(Nc1c(F)cccc1F)c1ccc2c(=O)n3c(nc2c1)CCCCCC3. The number of halogens is 2. The molecule has 0 atom stereocenters. The summed E-state index contributed by atoms with van der Waals surface area (Å²) in [6.45, 7) is 0.645. The van der Waals surface area contributed by atoms with Gasteiger partial charge in [0.15, 0.2) is 0 Å². The lowest BCUT2D eigenvalue weighted by Gasteiger charge is -2.16. The van der Waals surface area contributed by atoms with Crippen molar-refractivity contribution in [2.75, 3.05) is 5.32 Å². The molecule has 144 valence electrons. The van der Waals surface area contributed by atoms with E-state index in [2.05, 4.69) is 10.3 Å². The summed E-state index contributed by atoms with van der Waals surface area (Å²) in [6, 6.07) is 7.86. The molecule has 28 heavy (non-hydrogen) atoms. The van der Waals surface area contributed by atoms with Crippen LogP contribution in [0.15, 0.2) is 41.2 Å². The summed E-state index contributed by atoms with van der Waals surface area (Å²) in [5, 5.41) is 2.68. The molecule has 0 fully saturated rings. The smallest absolute Gasteiger partial charge is 0.261 e. The van der Waals surface area contributed by atoms with Gasteiger partial charge in [-0.25, -0.2) is 13.8 Å². The standard InChI is InChI=1S/C21H19F2N3O2/c22-15-6-5-7-16(23)19(15)25-20(27)13-9-10-14-17(12-13)24-18-8-3-1-2-4-11-26(18)21(14)28/h5-7,9-10,12H,1-4,8,11H2,(H,25,27). The molecule has 0 aliphatic carbocycles. The van der Waals surface area contributed by atoms with E-state index in [1.54, 1.807) is 10.6 Å². The number of rotatable bonds is 2. The number of aryl methyl sites for hydroxylation is 1. The Morgan fingerprint density at radius 1 is 1.04 bits per heavy atom. The molecule has 0 radical (unpaired) electrons. The van der Waals surface area contributed by atoms with Crippen LogP contribution in [0.25, 0.3) is 10.9 Å². The molecule has 0 spiro atoms. The predicted octanol–water partition coefficient (Wildman–Crippen LogP) is 4.04. The van der Waals surface area contributed by atoms with E-state index in [0.29, 0.717) is 23.9 Å². The van der Waals surface area contributed by atoms with Crippen molar-refractivity contribution >= 4 is 22.5 Å². The van der Waals surface area contributed by atoms with Gasteiger partial charge in [-0.15, -0.1) is 0 Å². The van der Waals surface area contributed by atoms with Gasteiger partial charge in [0.1, 0.15) is 23.1 Å². The molecule has 0 saturated carbocycles. The summed E-state index contributed by atoms with van der Waals surface area (Å²) >= 11 is 0. The number of anilines is 1. The van der Waals surface area contributed by atoms with Crippen molar-refractivity contribution in [3.63, 3.8) is 0 Å². The zero-order valence-electron chi connectivity index (χ0n) is 15.2. The zero-order chi connectivity index (χ0) is 19.7. The summed E-state index contributed by atoms with van der Waals surface area (Å²) in [7, 11) is 0. The lowest BCUT2D eigenvalue weighted by atomic mass is 10.1. The first kappa shape index (κ1) is 18.3. The number of nitrogens with one attached hydrogen (secondary N) is 1. The monoisotopic (exact) mass is 383 g/mol. The van der Waals surface area contributed by atoms with E-state index in [4.69, 9.17) is 0 Å². The lowest BCUT2D eigenvalue weighted by molar-refractivity contribution is 0.102. The third kappa shape index (κ3) is 3.40. The molecule has 1 aliphatic heterocycles. The summed E-state index contributed by atoms with van der Waals surface area (Å²) < 4.78 is 29.3. The third-order valence-electron chi connectivity index (χ3n) is 5.03. The van der Waals surface area contributed by atoms with Gasteiger partial charge in [-0.3, -0.25) is 14.2 Å². The van der Waals surface area contributed by atoms with Gasteiger partial charge in [0.05, 0.1) is 10.9 Å². The number of carbonyl (C=O) groups excluding carboxylic acids is 1. The highest BCUT2D eigenvalue weighted by Crippen LogP contribution is 2.20. The number of fused-ring (bicyclic) bond motifs is 2. The van der Waals surface area contributed by atoms with Crippen LogP contribution in [0.4, 0.5) is 14.5 Å². The van der Waals surface area contributed by atoms with Gasteiger partial charge in [0.2, 0.25) is 0 Å². The maximum absolute atomic E-state index is 13.8. The average molecular weight is 383 g/mol. The molecule has 2 heterocycles. The maximum atomic E-state index is 13.8. The van der Waals surface area contributed by atoms with E-state index in [1.165, 1.54) is 18.2 Å². The summed E-state index contributed by atoms with van der Waals surface area (Å²) in [5.41, 5.74) is -0.0239. The van der Waals surface area contributed by atoms with Crippen LogP contribution >= 0.6 is 0 Å². The molecule has 5 nitrogen and oxygen atoms in total. The molecule has 1 aromatic heterocycles. The van der Waals surface area contributed by atoms with Crippen molar-refractivity contribution in [2.45, 2.75) is 38.6 Å². The van der Waals surface area contributed by atoms with Crippen molar-refractivity contribution in [3.8, 4) is 0 Å². The minimum absolute atomic E-state index is 0.117. The van der Waals surface area contributed by atoms with Crippen molar-refractivity contribution < 1.29 is 13.6 Å². The Kier molecular flexibility index (Phi) is 4.90. The van der Waals surface area contributed by atoms with E-state index in [-0.39, 0.29) is 11.1 Å². The van der Waals surface area contributed by atoms with Gasteiger partial charge in [0.25, 0.3) is 11.5 Å². The van der Waals surface area contributed by atoms with Gasteiger partial charge in [-0.1, -0.05) is 18.9 Å². The Morgan fingerprint density at radius 2 is 1.79 bits per heavy atom. The van der Waals surface area contributed by atoms with Gasteiger partial charge >= 0.3 is 0 Å². The molecule has 1 amide bonds. The zero-order valence-corrected chi connectivity index (χ0v) is 15.2.